The largest absolute Gasteiger partial charge is 0.234 e. The van der Waals surface area contributed by atoms with Crippen molar-refractivity contribution in [3.05, 3.63) is 33.4 Å². The van der Waals surface area contributed by atoms with Crippen LogP contribution in [0.25, 0.3) is 0 Å². The lowest BCUT2D eigenvalue weighted by atomic mass is 10.2. The molecule has 0 unspecified atom stereocenters. The summed E-state index contributed by atoms with van der Waals surface area (Å²) >= 11 is 2.24. The zero-order valence-corrected chi connectivity index (χ0v) is 12.0. The van der Waals surface area contributed by atoms with Gasteiger partial charge in [-0.25, -0.2) is 4.21 Å². The van der Waals surface area contributed by atoms with Gasteiger partial charge < -0.3 is 0 Å². The predicted octanol–water partition coefficient (Wildman–Crippen LogP) is 3.17. The fourth-order valence-electron chi connectivity index (χ4n) is 0.854. The highest BCUT2D eigenvalue weighted by Crippen LogP contribution is 2.12. The molecule has 0 heterocycles. The van der Waals surface area contributed by atoms with Crippen LogP contribution in [0.4, 0.5) is 0 Å². The van der Waals surface area contributed by atoms with Crippen molar-refractivity contribution in [2.45, 2.75) is 25.5 Å². The van der Waals surface area contributed by atoms with E-state index in [0.717, 1.165) is 9.13 Å². The fraction of sp³-hybridized carbons (Fsp3) is 0.364. The van der Waals surface area contributed by atoms with Crippen LogP contribution in [0.1, 0.15) is 26.3 Å². The van der Waals surface area contributed by atoms with Crippen LogP contribution in [0, 0.1) is 3.57 Å². The Morgan fingerprint density at radius 1 is 1.40 bits per heavy atom. The maximum atomic E-state index is 11.6. The summed E-state index contributed by atoms with van der Waals surface area (Å²) in [6.45, 7) is 5.74. The minimum absolute atomic E-state index is 0.293. The molecule has 0 fully saturated rings. The van der Waals surface area contributed by atoms with Crippen LogP contribution in [0.3, 0.4) is 0 Å². The first-order valence-corrected chi connectivity index (χ1v) is 6.80. The quantitative estimate of drug-likeness (QED) is 0.603. The van der Waals surface area contributed by atoms with Crippen molar-refractivity contribution in [1.29, 1.82) is 0 Å². The second-order valence-electron chi connectivity index (χ2n) is 4.15. The van der Waals surface area contributed by atoms with Crippen molar-refractivity contribution >= 4 is 39.8 Å². The Balaban J connectivity index is 2.79. The van der Waals surface area contributed by atoms with Gasteiger partial charge >= 0.3 is 0 Å². The molecule has 1 atom stereocenters. The molecular weight excluding hydrogens is 321 g/mol. The van der Waals surface area contributed by atoms with Gasteiger partial charge in [0.1, 0.15) is 11.0 Å². The smallest absolute Gasteiger partial charge is 0.144 e. The number of hydrogen-bond donors (Lipinski definition) is 0. The van der Waals surface area contributed by atoms with Crippen molar-refractivity contribution in [3.8, 4) is 0 Å². The Morgan fingerprint density at radius 3 is 2.60 bits per heavy atom. The maximum absolute atomic E-state index is 11.6. The van der Waals surface area contributed by atoms with Gasteiger partial charge in [0.15, 0.2) is 0 Å². The normalized spacial score (nSPS) is 14.4. The van der Waals surface area contributed by atoms with Gasteiger partial charge in [-0.1, -0.05) is 12.1 Å². The van der Waals surface area contributed by atoms with Crippen LogP contribution in [0.5, 0.6) is 0 Å². The van der Waals surface area contributed by atoms with Crippen molar-refractivity contribution in [2.24, 2.45) is 4.40 Å². The third-order valence-electron chi connectivity index (χ3n) is 1.67. The topological polar surface area (TPSA) is 29.4 Å². The molecule has 0 radical (unpaired) electrons. The molecule has 0 bridgehead atoms. The van der Waals surface area contributed by atoms with Crippen LogP contribution in [-0.2, 0) is 11.0 Å². The van der Waals surface area contributed by atoms with E-state index in [4.69, 9.17) is 0 Å². The molecule has 0 aromatic heterocycles. The second-order valence-corrected chi connectivity index (χ2v) is 7.33. The van der Waals surface area contributed by atoms with Crippen LogP contribution in [-0.4, -0.2) is 15.2 Å². The molecule has 0 N–H and O–H groups in total. The van der Waals surface area contributed by atoms with Gasteiger partial charge in [0.2, 0.25) is 0 Å². The first kappa shape index (κ1) is 12.8. The standard InChI is InChI=1S/C11H14INOS/c1-11(2,3)15(14)13-8-9-5-4-6-10(12)7-9/h4-8H,1-3H3/b13-8+/t15-/m1/s1. The van der Waals surface area contributed by atoms with Gasteiger partial charge in [0, 0.05) is 9.78 Å². The third-order valence-corrected chi connectivity index (χ3v) is 3.69. The van der Waals surface area contributed by atoms with Gasteiger partial charge in [0.25, 0.3) is 0 Å². The van der Waals surface area contributed by atoms with Gasteiger partial charge in [0.05, 0.1) is 4.75 Å². The number of rotatable bonds is 2. The van der Waals surface area contributed by atoms with Gasteiger partial charge in [-0.3, -0.25) is 0 Å². The zero-order valence-electron chi connectivity index (χ0n) is 9.03. The molecule has 1 rings (SSSR count). The molecule has 0 spiro atoms. The van der Waals surface area contributed by atoms with Crippen molar-refractivity contribution in [3.63, 3.8) is 0 Å². The van der Waals surface area contributed by atoms with Gasteiger partial charge in [-0.2, -0.15) is 4.40 Å². The summed E-state index contributed by atoms with van der Waals surface area (Å²) in [5.41, 5.74) is 0.986. The molecule has 4 heteroatoms. The van der Waals surface area contributed by atoms with E-state index in [-0.39, 0.29) is 4.75 Å². The molecular formula is C11H14INOS. The molecule has 0 aliphatic rings. The van der Waals surface area contributed by atoms with E-state index in [2.05, 4.69) is 27.0 Å². The van der Waals surface area contributed by atoms with E-state index in [1.165, 1.54) is 0 Å². The molecule has 82 valence electrons. The summed E-state index contributed by atoms with van der Waals surface area (Å²) in [6, 6.07) is 7.93. The Kier molecular flexibility index (Phi) is 4.45. The first-order chi connectivity index (χ1) is 6.89. The molecule has 1 aromatic rings. The fourth-order valence-corrected chi connectivity index (χ4v) is 1.95. The second kappa shape index (κ2) is 5.21. The average molecular weight is 335 g/mol. The summed E-state index contributed by atoms with van der Waals surface area (Å²) in [6.07, 6.45) is 1.67. The van der Waals surface area contributed by atoms with Gasteiger partial charge in [-0.15, -0.1) is 0 Å². The summed E-state index contributed by atoms with van der Waals surface area (Å²) in [5.74, 6) is 0. The van der Waals surface area contributed by atoms with E-state index in [0.29, 0.717) is 0 Å². The van der Waals surface area contributed by atoms with Crippen LogP contribution in [0.2, 0.25) is 0 Å². The Labute approximate surface area is 107 Å². The minimum atomic E-state index is -1.18. The lowest BCUT2D eigenvalue weighted by molar-refractivity contribution is 0.651. The van der Waals surface area contributed by atoms with E-state index in [9.17, 15) is 4.21 Å². The van der Waals surface area contributed by atoms with Crippen LogP contribution < -0.4 is 0 Å². The van der Waals surface area contributed by atoms with Gasteiger partial charge in [-0.05, 0) is 61.1 Å². The number of nitrogens with zero attached hydrogens (tertiary/aromatic N) is 1. The minimum Gasteiger partial charge on any atom is -0.234 e. The Morgan fingerprint density at radius 2 is 2.07 bits per heavy atom. The van der Waals surface area contributed by atoms with Crippen molar-refractivity contribution in [1.82, 2.24) is 0 Å². The molecule has 0 amide bonds. The van der Waals surface area contributed by atoms with Crippen molar-refractivity contribution in [2.75, 3.05) is 0 Å². The highest BCUT2D eigenvalue weighted by molar-refractivity contribution is 14.1. The molecule has 0 saturated carbocycles. The highest BCUT2D eigenvalue weighted by Gasteiger charge is 2.17. The SMILES string of the molecule is CC(C)(C)[S@@](=O)/N=C/c1cccc(I)c1. The summed E-state index contributed by atoms with van der Waals surface area (Å²) in [7, 11) is -1.18. The third kappa shape index (κ3) is 4.42. The van der Waals surface area contributed by atoms with E-state index in [1.807, 2.05) is 45.0 Å². The highest BCUT2D eigenvalue weighted by atomic mass is 127. The summed E-state index contributed by atoms with van der Waals surface area (Å²) in [5, 5.41) is 0. The van der Waals surface area contributed by atoms with Crippen molar-refractivity contribution < 1.29 is 4.21 Å². The Hall–Kier alpha value is -0.230. The molecule has 0 aliphatic carbocycles. The van der Waals surface area contributed by atoms with E-state index < -0.39 is 11.0 Å². The Bertz CT molecular complexity index is 396. The monoisotopic (exact) mass is 335 g/mol. The number of halogens is 1. The van der Waals surface area contributed by atoms with E-state index in [1.54, 1.807) is 6.21 Å². The predicted molar refractivity (Wildman–Crippen MR) is 74.6 cm³/mol. The lowest BCUT2D eigenvalue weighted by Crippen LogP contribution is -2.19. The number of benzene rings is 1. The molecule has 0 saturated heterocycles. The summed E-state index contributed by atoms with van der Waals surface area (Å²) in [4.78, 5) is 0. The first-order valence-electron chi connectivity index (χ1n) is 4.61. The van der Waals surface area contributed by atoms with Crippen LogP contribution in [0.15, 0.2) is 28.7 Å². The van der Waals surface area contributed by atoms with E-state index >= 15 is 0 Å². The average Bonchev–Trinajstić information content (AvgIpc) is 2.12. The maximum Gasteiger partial charge on any atom is 0.144 e. The zero-order chi connectivity index (χ0) is 11.5. The lowest BCUT2D eigenvalue weighted by Gasteiger charge is -2.12. The van der Waals surface area contributed by atoms with Crippen LogP contribution >= 0.6 is 22.6 Å². The number of hydrogen-bond acceptors (Lipinski definition) is 1. The molecule has 0 aliphatic heterocycles. The molecule has 2 nitrogen and oxygen atoms in total. The summed E-state index contributed by atoms with van der Waals surface area (Å²) < 4.78 is 16.5. The molecule has 1 aromatic carbocycles. The molecule has 15 heavy (non-hydrogen) atoms.